The number of para-hydroxylation sites is 4. The SMILES string of the molecule is c1ccc(-c2ccc(-c3ccccc3N(c3cccc(-c4ccc5c(c4)c4ccccc4n5-c4ccccc4)c3)c3ccccc3-c3ccccc3-c3ccccc3-c3ccccc3)cc2)cc1. The Kier molecular flexibility index (Phi) is 10.6. The van der Waals surface area contributed by atoms with Crippen molar-refractivity contribution >= 4 is 38.9 Å². The number of rotatable bonds is 10. The summed E-state index contributed by atoms with van der Waals surface area (Å²) < 4.78 is 2.38. The smallest absolute Gasteiger partial charge is 0.0541 e. The fourth-order valence-corrected chi connectivity index (χ4v) is 10.1. The largest absolute Gasteiger partial charge is 0.309 e. The van der Waals surface area contributed by atoms with E-state index >= 15 is 0 Å². The van der Waals surface area contributed by atoms with E-state index < -0.39 is 0 Å². The van der Waals surface area contributed by atoms with Crippen molar-refractivity contribution in [2.24, 2.45) is 0 Å². The first kappa shape index (κ1) is 40.5. The number of hydrogen-bond donors (Lipinski definition) is 0. The van der Waals surface area contributed by atoms with Crippen molar-refractivity contribution < 1.29 is 0 Å². The first-order valence-corrected chi connectivity index (χ1v) is 23.3. The average molecular weight is 867 g/mol. The summed E-state index contributed by atoms with van der Waals surface area (Å²) in [4.78, 5) is 2.47. The minimum atomic E-state index is 1.07. The normalized spacial score (nSPS) is 11.2. The van der Waals surface area contributed by atoms with Gasteiger partial charge in [0.2, 0.25) is 0 Å². The van der Waals surface area contributed by atoms with Crippen LogP contribution in [0.4, 0.5) is 17.1 Å². The summed E-state index contributed by atoms with van der Waals surface area (Å²) in [7, 11) is 0. The molecular weight excluding hydrogens is 821 g/mol. The number of hydrogen-bond acceptors (Lipinski definition) is 1. The molecule has 0 amide bonds. The molecule has 2 heteroatoms. The van der Waals surface area contributed by atoms with E-state index in [9.17, 15) is 0 Å². The Hall–Kier alpha value is -8.98. The van der Waals surface area contributed by atoms with Crippen LogP contribution in [0.15, 0.2) is 279 Å². The molecule has 0 aliphatic carbocycles. The van der Waals surface area contributed by atoms with Crippen LogP contribution < -0.4 is 4.90 Å². The zero-order valence-corrected chi connectivity index (χ0v) is 37.5. The van der Waals surface area contributed by atoms with Crippen molar-refractivity contribution in [3.8, 4) is 72.4 Å². The molecule has 0 N–H and O–H groups in total. The molecule has 12 aromatic rings. The lowest BCUT2D eigenvalue weighted by molar-refractivity contribution is 1.18. The van der Waals surface area contributed by atoms with Crippen LogP contribution in [0.3, 0.4) is 0 Å². The standard InChI is InChI=1S/C66H46N2/c1-4-21-47(22-5-1)48-39-41-50(42-40-48)56-30-14-17-36-63(56)68(64-37-18-15-34-60(64)59-33-13-12-32-58(59)57-31-11-10-29-55(57)49-23-6-2-7-24-49)54-28-20-25-51(45-54)52-43-44-66-62(46-52)61-35-16-19-38-65(61)67(66)53-26-8-3-9-27-53/h1-46H. The monoisotopic (exact) mass is 866 g/mol. The van der Waals surface area contributed by atoms with Gasteiger partial charge in [-0.1, -0.05) is 224 Å². The van der Waals surface area contributed by atoms with Gasteiger partial charge >= 0.3 is 0 Å². The summed E-state index contributed by atoms with van der Waals surface area (Å²) >= 11 is 0. The van der Waals surface area contributed by atoms with E-state index in [1.165, 1.54) is 55.2 Å². The first-order chi connectivity index (χ1) is 33.8. The zero-order valence-electron chi connectivity index (χ0n) is 37.5. The van der Waals surface area contributed by atoms with Crippen molar-refractivity contribution in [3.05, 3.63) is 279 Å². The summed E-state index contributed by atoms with van der Waals surface area (Å²) in [6, 6.07) is 101. The molecule has 0 atom stereocenters. The van der Waals surface area contributed by atoms with Crippen LogP contribution in [0.2, 0.25) is 0 Å². The van der Waals surface area contributed by atoms with Gasteiger partial charge in [-0.05, 0) is 110 Å². The van der Waals surface area contributed by atoms with Gasteiger partial charge in [0, 0.05) is 33.3 Å². The van der Waals surface area contributed by atoms with E-state index in [0.29, 0.717) is 0 Å². The van der Waals surface area contributed by atoms with Crippen LogP contribution in [-0.2, 0) is 0 Å². The number of nitrogens with zero attached hydrogens (tertiary/aromatic N) is 2. The van der Waals surface area contributed by atoms with E-state index in [1.54, 1.807) is 0 Å². The highest BCUT2D eigenvalue weighted by atomic mass is 15.1. The van der Waals surface area contributed by atoms with Crippen molar-refractivity contribution in [1.82, 2.24) is 4.57 Å². The maximum absolute atomic E-state index is 2.47. The highest BCUT2D eigenvalue weighted by Gasteiger charge is 2.23. The second-order valence-electron chi connectivity index (χ2n) is 17.2. The van der Waals surface area contributed by atoms with Gasteiger partial charge in [-0.15, -0.1) is 0 Å². The highest BCUT2D eigenvalue weighted by molar-refractivity contribution is 6.10. The molecule has 0 spiro atoms. The van der Waals surface area contributed by atoms with Gasteiger partial charge in [0.15, 0.2) is 0 Å². The van der Waals surface area contributed by atoms with Crippen molar-refractivity contribution in [3.63, 3.8) is 0 Å². The molecule has 1 heterocycles. The predicted molar refractivity (Wildman–Crippen MR) is 288 cm³/mol. The molecule has 0 unspecified atom stereocenters. The Morgan fingerprint density at radius 1 is 0.235 bits per heavy atom. The molecule has 0 bridgehead atoms. The topological polar surface area (TPSA) is 8.17 Å². The van der Waals surface area contributed by atoms with Crippen LogP contribution in [0.25, 0.3) is 94.3 Å². The molecule has 11 aromatic carbocycles. The molecule has 320 valence electrons. The van der Waals surface area contributed by atoms with Gasteiger partial charge in [0.1, 0.15) is 0 Å². The third-order valence-electron chi connectivity index (χ3n) is 13.2. The van der Waals surface area contributed by atoms with Crippen LogP contribution in [0.5, 0.6) is 0 Å². The van der Waals surface area contributed by atoms with Crippen molar-refractivity contribution in [2.45, 2.75) is 0 Å². The molecule has 0 radical (unpaired) electrons. The summed E-state index contributed by atoms with van der Waals surface area (Å²) in [5, 5.41) is 2.46. The molecule has 0 saturated heterocycles. The third kappa shape index (κ3) is 7.45. The van der Waals surface area contributed by atoms with E-state index in [-0.39, 0.29) is 0 Å². The minimum Gasteiger partial charge on any atom is -0.309 e. The quantitative estimate of drug-likeness (QED) is 0.133. The molecule has 68 heavy (non-hydrogen) atoms. The van der Waals surface area contributed by atoms with Gasteiger partial charge in [-0.2, -0.15) is 0 Å². The Morgan fingerprint density at radius 2 is 0.662 bits per heavy atom. The minimum absolute atomic E-state index is 1.07. The number of benzene rings is 11. The zero-order chi connectivity index (χ0) is 45.2. The fourth-order valence-electron chi connectivity index (χ4n) is 10.1. The Labute approximate surface area is 397 Å². The molecule has 12 rings (SSSR count). The van der Waals surface area contributed by atoms with Gasteiger partial charge in [0.25, 0.3) is 0 Å². The van der Waals surface area contributed by atoms with Crippen LogP contribution in [0.1, 0.15) is 0 Å². The number of fused-ring (bicyclic) bond motifs is 3. The van der Waals surface area contributed by atoms with Gasteiger partial charge in [0.05, 0.1) is 22.4 Å². The number of anilines is 3. The maximum atomic E-state index is 2.47. The molecular formula is C66H46N2. The Bertz CT molecular complexity index is 3720. The van der Waals surface area contributed by atoms with E-state index in [4.69, 9.17) is 0 Å². The number of aromatic nitrogens is 1. The second-order valence-corrected chi connectivity index (χ2v) is 17.2. The summed E-state index contributed by atoms with van der Waals surface area (Å²) in [5.41, 5.74) is 20.9. The third-order valence-corrected chi connectivity index (χ3v) is 13.2. The Balaban J connectivity index is 1.05. The van der Waals surface area contributed by atoms with Gasteiger partial charge < -0.3 is 9.47 Å². The molecule has 2 nitrogen and oxygen atoms in total. The average Bonchev–Trinajstić information content (AvgIpc) is 3.76. The van der Waals surface area contributed by atoms with E-state index in [2.05, 4.69) is 289 Å². The van der Waals surface area contributed by atoms with Crippen LogP contribution >= 0.6 is 0 Å². The van der Waals surface area contributed by atoms with E-state index in [0.717, 1.165) is 56.1 Å². The second kappa shape index (κ2) is 17.8. The molecule has 0 fully saturated rings. The maximum Gasteiger partial charge on any atom is 0.0541 e. The molecule has 0 saturated carbocycles. The summed E-state index contributed by atoms with van der Waals surface area (Å²) in [6.07, 6.45) is 0. The lowest BCUT2D eigenvalue weighted by Crippen LogP contribution is -2.12. The van der Waals surface area contributed by atoms with Crippen LogP contribution in [-0.4, -0.2) is 4.57 Å². The summed E-state index contributed by atoms with van der Waals surface area (Å²) in [6.45, 7) is 0. The fraction of sp³-hybridized carbons (Fsp3) is 0. The van der Waals surface area contributed by atoms with Gasteiger partial charge in [-0.3, -0.25) is 0 Å². The van der Waals surface area contributed by atoms with Crippen LogP contribution in [0, 0.1) is 0 Å². The van der Waals surface area contributed by atoms with Crippen molar-refractivity contribution in [1.29, 1.82) is 0 Å². The van der Waals surface area contributed by atoms with Gasteiger partial charge in [-0.25, -0.2) is 0 Å². The predicted octanol–water partition coefficient (Wildman–Crippen LogP) is 18.3. The highest BCUT2D eigenvalue weighted by Crippen LogP contribution is 2.48. The first-order valence-electron chi connectivity index (χ1n) is 23.3. The lowest BCUT2D eigenvalue weighted by atomic mass is 9.88. The van der Waals surface area contributed by atoms with E-state index in [1.807, 2.05) is 0 Å². The van der Waals surface area contributed by atoms with Crippen molar-refractivity contribution in [2.75, 3.05) is 4.90 Å². The molecule has 0 aliphatic heterocycles. The molecule has 1 aromatic heterocycles. The molecule has 0 aliphatic rings. The lowest BCUT2D eigenvalue weighted by Gasteiger charge is -2.30. The Morgan fingerprint density at radius 3 is 1.37 bits per heavy atom. The summed E-state index contributed by atoms with van der Waals surface area (Å²) in [5.74, 6) is 0.